The van der Waals surface area contributed by atoms with Gasteiger partial charge in [-0.15, -0.1) is 4.68 Å². The third-order valence-corrected chi connectivity index (χ3v) is 6.79. The Morgan fingerprint density at radius 1 is 0.941 bits per heavy atom. The molecule has 0 aliphatic carbocycles. The van der Waals surface area contributed by atoms with Crippen molar-refractivity contribution in [3.8, 4) is 0 Å². The van der Waals surface area contributed by atoms with Gasteiger partial charge in [0.25, 0.3) is 0 Å². The molecular formula is C26H25N4O3S+. The van der Waals surface area contributed by atoms with Crippen LogP contribution in [0.4, 0.5) is 5.82 Å². The molecule has 4 aromatic rings. The Bertz CT molecular complexity index is 1440. The van der Waals surface area contributed by atoms with Crippen molar-refractivity contribution in [2.24, 2.45) is 5.10 Å². The minimum atomic E-state index is -3.83. The summed E-state index contributed by atoms with van der Waals surface area (Å²) >= 11 is 0. The maximum Gasteiger partial charge on any atom is 0.343 e. The van der Waals surface area contributed by atoms with E-state index in [0.717, 1.165) is 21.9 Å². The first-order valence-corrected chi connectivity index (χ1v) is 12.7. The minimum Gasteiger partial charge on any atom is -0.267 e. The molecule has 1 aromatic heterocycles. The molecule has 7 nitrogen and oxygen atoms in total. The molecule has 1 unspecified atom stereocenters. The second-order valence-electron chi connectivity index (χ2n) is 7.94. The van der Waals surface area contributed by atoms with E-state index in [2.05, 4.69) is 5.32 Å². The van der Waals surface area contributed by atoms with Gasteiger partial charge in [0.05, 0.1) is 11.1 Å². The topological polar surface area (TPSA) is 74.9 Å². The van der Waals surface area contributed by atoms with E-state index in [1.165, 1.54) is 5.06 Å². The number of fused-ring (bicyclic) bond motifs is 3. The van der Waals surface area contributed by atoms with E-state index < -0.39 is 16.3 Å². The molecule has 0 saturated heterocycles. The number of nitrogens with zero attached hydrogens (tertiary/aromatic N) is 3. The zero-order chi connectivity index (χ0) is 23.5. The van der Waals surface area contributed by atoms with Gasteiger partial charge >= 0.3 is 15.9 Å². The highest BCUT2D eigenvalue weighted by atomic mass is 32.2. The van der Waals surface area contributed by atoms with Crippen LogP contribution < -0.4 is 15.1 Å². The third kappa shape index (κ3) is 4.43. The number of rotatable bonds is 7. The lowest BCUT2D eigenvalue weighted by molar-refractivity contribution is -0.668. The van der Waals surface area contributed by atoms with Gasteiger partial charge in [0.15, 0.2) is 5.71 Å². The molecule has 1 aliphatic heterocycles. The van der Waals surface area contributed by atoms with Crippen molar-refractivity contribution in [3.05, 3.63) is 108 Å². The van der Waals surface area contributed by atoms with Crippen LogP contribution >= 0.6 is 0 Å². The largest absolute Gasteiger partial charge is 0.343 e. The lowest BCUT2D eigenvalue weighted by Crippen LogP contribution is -2.60. The Balaban J connectivity index is 1.70. The molecule has 0 fully saturated rings. The quantitative estimate of drug-likeness (QED) is 0.415. The van der Waals surface area contributed by atoms with Crippen molar-refractivity contribution < 1.29 is 17.4 Å². The number of hydroxylamine groups is 1. The maximum absolute atomic E-state index is 12.7. The van der Waals surface area contributed by atoms with Crippen LogP contribution in [-0.4, -0.2) is 26.0 Å². The van der Waals surface area contributed by atoms with E-state index in [1.54, 1.807) is 11.6 Å². The Kier molecular flexibility index (Phi) is 6.10. The predicted molar refractivity (Wildman–Crippen MR) is 133 cm³/mol. The summed E-state index contributed by atoms with van der Waals surface area (Å²) in [5.41, 5.74) is 2.57. The highest BCUT2D eigenvalue weighted by molar-refractivity contribution is 7.86. The summed E-state index contributed by atoms with van der Waals surface area (Å²) in [6.07, 6.45) is 1.16. The van der Waals surface area contributed by atoms with Crippen LogP contribution in [0.1, 0.15) is 18.1 Å². The molecule has 0 bridgehead atoms. The molecule has 1 N–H and O–H groups in total. The first-order chi connectivity index (χ1) is 16.6. The summed E-state index contributed by atoms with van der Waals surface area (Å²) in [5.74, 6) is 0.387. The van der Waals surface area contributed by atoms with E-state index in [4.69, 9.17) is 9.39 Å². The fourth-order valence-electron chi connectivity index (χ4n) is 3.96. The van der Waals surface area contributed by atoms with Crippen LogP contribution in [0.15, 0.2) is 102 Å². The second-order valence-corrected chi connectivity index (χ2v) is 9.78. The van der Waals surface area contributed by atoms with Crippen molar-refractivity contribution in [2.75, 3.05) is 10.8 Å². The molecule has 0 spiro atoms. The SMILES string of the molecule is CCS(=O)(=O)ON1c2c3ccccc3cc[n+]2N=C(c2ccccc2)C1NCc1ccccc1. The number of anilines is 1. The van der Waals surface area contributed by atoms with Crippen molar-refractivity contribution in [3.63, 3.8) is 0 Å². The zero-order valence-electron chi connectivity index (χ0n) is 18.7. The first kappa shape index (κ1) is 22.2. The molecule has 2 heterocycles. The van der Waals surface area contributed by atoms with Gasteiger partial charge in [-0.25, -0.2) is 0 Å². The number of hydrogen-bond acceptors (Lipinski definition) is 6. The molecule has 0 saturated carbocycles. The van der Waals surface area contributed by atoms with E-state index in [-0.39, 0.29) is 5.75 Å². The van der Waals surface area contributed by atoms with E-state index in [0.29, 0.717) is 18.1 Å². The molecule has 172 valence electrons. The Hall–Kier alpha value is -3.59. The first-order valence-electron chi connectivity index (χ1n) is 11.1. The van der Waals surface area contributed by atoms with Gasteiger partial charge in [-0.3, -0.25) is 5.32 Å². The van der Waals surface area contributed by atoms with Crippen LogP contribution in [0.25, 0.3) is 10.8 Å². The fourth-order valence-corrected chi connectivity index (χ4v) is 4.47. The summed E-state index contributed by atoms with van der Waals surface area (Å²) in [6.45, 7) is 2.06. The Morgan fingerprint density at radius 2 is 1.62 bits per heavy atom. The highest BCUT2D eigenvalue weighted by Gasteiger charge is 2.44. The summed E-state index contributed by atoms with van der Waals surface area (Å²) in [4.78, 5) is 0. The van der Waals surface area contributed by atoms with E-state index >= 15 is 0 Å². The number of benzene rings is 3. The van der Waals surface area contributed by atoms with Gasteiger partial charge in [0.2, 0.25) is 6.17 Å². The number of pyridine rings is 1. The van der Waals surface area contributed by atoms with Crippen molar-refractivity contribution in [1.29, 1.82) is 0 Å². The van der Waals surface area contributed by atoms with Gasteiger partial charge in [-0.05, 0) is 30.0 Å². The Morgan fingerprint density at radius 3 is 2.35 bits per heavy atom. The average molecular weight is 474 g/mol. The van der Waals surface area contributed by atoms with E-state index in [9.17, 15) is 8.42 Å². The third-order valence-electron chi connectivity index (χ3n) is 5.69. The van der Waals surface area contributed by atoms with Crippen molar-refractivity contribution in [2.45, 2.75) is 19.6 Å². The van der Waals surface area contributed by atoms with Crippen LogP contribution in [-0.2, 0) is 20.9 Å². The normalized spacial score (nSPS) is 15.7. The standard InChI is InChI=1S/C26H25N4O3S/c1-2-34(31,32)33-30-25(27-19-20-11-5-3-6-12-20)24(22-14-7-4-8-15-22)28-29-18-17-21-13-9-10-16-23(21)26(29)30/h3-18,25,27H,2,19H2,1H3/q+1. The molecule has 0 amide bonds. The predicted octanol–water partition coefficient (Wildman–Crippen LogP) is 3.60. The van der Waals surface area contributed by atoms with Crippen LogP contribution in [0.3, 0.4) is 0 Å². The summed E-state index contributed by atoms with van der Waals surface area (Å²) < 4.78 is 32.9. The highest BCUT2D eigenvalue weighted by Crippen LogP contribution is 2.29. The monoisotopic (exact) mass is 473 g/mol. The Labute approximate surface area is 199 Å². The molecule has 3 aromatic carbocycles. The van der Waals surface area contributed by atoms with Crippen molar-refractivity contribution in [1.82, 2.24) is 5.32 Å². The van der Waals surface area contributed by atoms with Crippen LogP contribution in [0.5, 0.6) is 0 Å². The number of hydrogen-bond donors (Lipinski definition) is 1. The van der Waals surface area contributed by atoms with Crippen molar-refractivity contribution >= 4 is 32.4 Å². The molecule has 8 heteroatoms. The van der Waals surface area contributed by atoms with Crippen LogP contribution in [0.2, 0.25) is 0 Å². The summed E-state index contributed by atoms with van der Waals surface area (Å²) in [7, 11) is -3.83. The second kappa shape index (κ2) is 9.34. The van der Waals surface area contributed by atoms with Crippen LogP contribution in [0, 0.1) is 0 Å². The van der Waals surface area contributed by atoms with Gasteiger partial charge in [-0.1, -0.05) is 93.3 Å². The molecular weight excluding hydrogens is 448 g/mol. The minimum absolute atomic E-state index is 0.155. The lowest BCUT2D eigenvalue weighted by Gasteiger charge is -2.29. The fraction of sp³-hybridized carbons (Fsp3) is 0.154. The smallest absolute Gasteiger partial charge is 0.267 e. The van der Waals surface area contributed by atoms with E-state index in [1.807, 2.05) is 97.2 Å². The molecule has 1 aliphatic rings. The molecule has 1 atom stereocenters. The zero-order valence-corrected chi connectivity index (χ0v) is 19.5. The molecule has 5 rings (SSSR count). The number of aromatic nitrogens is 1. The summed E-state index contributed by atoms with van der Waals surface area (Å²) in [5, 5.41) is 11.6. The number of nitrogens with one attached hydrogen (secondary N) is 1. The summed E-state index contributed by atoms with van der Waals surface area (Å²) in [6, 6.07) is 29.4. The molecule has 34 heavy (non-hydrogen) atoms. The van der Waals surface area contributed by atoms with Gasteiger partial charge in [-0.2, -0.15) is 8.42 Å². The van der Waals surface area contributed by atoms with Gasteiger partial charge in [0, 0.05) is 12.1 Å². The van der Waals surface area contributed by atoms with Gasteiger partial charge < -0.3 is 0 Å². The molecule has 0 radical (unpaired) electrons. The maximum atomic E-state index is 12.7. The average Bonchev–Trinajstić information content (AvgIpc) is 2.88. The van der Waals surface area contributed by atoms with Gasteiger partial charge in [0.1, 0.15) is 6.20 Å². The lowest BCUT2D eigenvalue weighted by atomic mass is 10.1.